The number of nitrogens with zero attached hydrogens (tertiary/aromatic N) is 2. The Morgan fingerprint density at radius 3 is 2.82 bits per heavy atom. The van der Waals surface area contributed by atoms with Gasteiger partial charge in [0.15, 0.2) is 9.99 Å². The maximum atomic E-state index is 11.7. The number of thiazole rings is 1. The van der Waals surface area contributed by atoms with E-state index in [2.05, 4.69) is 4.98 Å². The van der Waals surface area contributed by atoms with Crippen LogP contribution in [0.3, 0.4) is 0 Å². The number of fused-ring (bicyclic) bond motifs is 1. The average molecular weight is 291 g/mol. The van der Waals surface area contributed by atoms with Gasteiger partial charge in [-0.2, -0.15) is 0 Å². The number of hydrogen-bond donors (Lipinski definition) is 0. The number of aromatic nitrogens is 2. The van der Waals surface area contributed by atoms with E-state index in [-0.39, 0.29) is 10.9 Å². The molecule has 0 saturated heterocycles. The topological polar surface area (TPSA) is 51.4 Å². The van der Waals surface area contributed by atoms with E-state index < -0.39 is 9.05 Å². The standard InChI is InChI=1S/C10H11ClN2O2S2/c1-2-7-5-16-10-12-8(6-3-4-6)9(13(7)10)17(11,14)15/h5-6H,2-4H2,1H3. The Kier molecular flexibility index (Phi) is 2.50. The highest BCUT2D eigenvalue weighted by molar-refractivity contribution is 8.13. The van der Waals surface area contributed by atoms with Crippen LogP contribution in [0.15, 0.2) is 10.4 Å². The number of aryl methyl sites for hydroxylation is 1. The highest BCUT2D eigenvalue weighted by atomic mass is 35.7. The van der Waals surface area contributed by atoms with E-state index in [0.29, 0.717) is 5.69 Å². The Hall–Kier alpha value is -0.590. The third kappa shape index (κ3) is 1.78. The summed E-state index contributed by atoms with van der Waals surface area (Å²) in [6.07, 6.45) is 2.78. The molecule has 17 heavy (non-hydrogen) atoms. The summed E-state index contributed by atoms with van der Waals surface area (Å²) in [6, 6.07) is 0. The molecule has 2 aromatic heterocycles. The Morgan fingerprint density at radius 2 is 2.29 bits per heavy atom. The monoisotopic (exact) mass is 290 g/mol. The first kappa shape index (κ1) is 11.5. The zero-order valence-corrected chi connectivity index (χ0v) is 11.6. The lowest BCUT2D eigenvalue weighted by Crippen LogP contribution is -2.02. The van der Waals surface area contributed by atoms with E-state index in [1.165, 1.54) is 11.3 Å². The number of hydrogen-bond acceptors (Lipinski definition) is 4. The highest BCUT2D eigenvalue weighted by Gasteiger charge is 2.35. The summed E-state index contributed by atoms with van der Waals surface area (Å²) in [7, 11) is 1.81. The van der Waals surface area contributed by atoms with Gasteiger partial charge in [-0.1, -0.05) is 6.92 Å². The summed E-state index contributed by atoms with van der Waals surface area (Å²) in [6.45, 7) is 1.99. The third-order valence-electron chi connectivity index (χ3n) is 2.97. The molecule has 0 aromatic carbocycles. The summed E-state index contributed by atoms with van der Waals surface area (Å²) in [5.74, 6) is 0.273. The first-order chi connectivity index (χ1) is 8.02. The molecule has 0 spiro atoms. The average Bonchev–Trinajstić information content (AvgIpc) is 2.88. The quantitative estimate of drug-likeness (QED) is 0.817. The fraction of sp³-hybridized carbons (Fsp3) is 0.500. The predicted molar refractivity (Wildman–Crippen MR) is 67.5 cm³/mol. The van der Waals surface area contributed by atoms with Crippen LogP contribution in [0.25, 0.3) is 4.96 Å². The molecule has 1 aliphatic carbocycles. The Balaban J connectivity index is 2.38. The molecule has 7 heteroatoms. The van der Waals surface area contributed by atoms with Gasteiger partial charge in [-0.15, -0.1) is 11.3 Å². The van der Waals surface area contributed by atoms with Crippen LogP contribution >= 0.6 is 22.0 Å². The zero-order chi connectivity index (χ0) is 12.2. The highest BCUT2D eigenvalue weighted by Crippen LogP contribution is 2.44. The second-order valence-electron chi connectivity index (χ2n) is 4.21. The SMILES string of the molecule is CCc1csc2nc(C3CC3)c(S(=O)(=O)Cl)n12. The van der Waals surface area contributed by atoms with Gasteiger partial charge in [-0.05, 0) is 19.3 Å². The first-order valence-corrected chi connectivity index (χ1v) is 8.64. The van der Waals surface area contributed by atoms with Crippen molar-refractivity contribution in [2.45, 2.75) is 37.1 Å². The molecule has 1 saturated carbocycles. The van der Waals surface area contributed by atoms with Gasteiger partial charge in [0.25, 0.3) is 9.05 Å². The van der Waals surface area contributed by atoms with Crippen molar-refractivity contribution < 1.29 is 8.42 Å². The van der Waals surface area contributed by atoms with Crippen molar-refractivity contribution in [1.29, 1.82) is 0 Å². The van der Waals surface area contributed by atoms with Crippen LogP contribution in [0, 0.1) is 0 Å². The van der Waals surface area contributed by atoms with E-state index in [1.807, 2.05) is 12.3 Å². The van der Waals surface area contributed by atoms with Crippen molar-refractivity contribution in [3.05, 3.63) is 16.8 Å². The molecule has 2 heterocycles. The van der Waals surface area contributed by atoms with E-state index >= 15 is 0 Å². The van der Waals surface area contributed by atoms with Crippen LogP contribution in [0.4, 0.5) is 0 Å². The maximum absolute atomic E-state index is 11.7. The maximum Gasteiger partial charge on any atom is 0.279 e. The van der Waals surface area contributed by atoms with E-state index in [4.69, 9.17) is 10.7 Å². The summed E-state index contributed by atoms with van der Waals surface area (Å²) in [4.78, 5) is 5.15. The number of imidazole rings is 1. The van der Waals surface area contributed by atoms with Crippen molar-refractivity contribution in [1.82, 2.24) is 9.38 Å². The fourth-order valence-electron chi connectivity index (χ4n) is 2.01. The molecule has 0 amide bonds. The molecule has 0 N–H and O–H groups in total. The van der Waals surface area contributed by atoms with Crippen LogP contribution in [0.1, 0.15) is 37.1 Å². The molecule has 0 atom stereocenters. The van der Waals surface area contributed by atoms with Crippen molar-refractivity contribution in [2.75, 3.05) is 0 Å². The predicted octanol–water partition coefficient (Wildman–Crippen LogP) is 2.76. The van der Waals surface area contributed by atoms with Crippen LogP contribution in [-0.2, 0) is 15.5 Å². The number of halogens is 1. The molecule has 0 unspecified atom stereocenters. The van der Waals surface area contributed by atoms with Gasteiger partial charge in [0.05, 0.1) is 5.69 Å². The van der Waals surface area contributed by atoms with Crippen LogP contribution in [-0.4, -0.2) is 17.8 Å². The minimum atomic E-state index is -3.74. The molecule has 1 fully saturated rings. The Morgan fingerprint density at radius 1 is 1.59 bits per heavy atom. The van der Waals surface area contributed by atoms with Gasteiger partial charge >= 0.3 is 0 Å². The van der Waals surface area contributed by atoms with Crippen LogP contribution in [0.5, 0.6) is 0 Å². The molecule has 0 bridgehead atoms. The molecular formula is C10H11ClN2O2S2. The molecule has 1 aliphatic rings. The molecule has 4 nitrogen and oxygen atoms in total. The Labute approximate surface area is 108 Å². The third-order valence-corrected chi connectivity index (χ3v) is 5.14. The summed E-state index contributed by atoms with van der Waals surface area (Å²) >= 11 is 1.46. The van der Waals surface area contributed by atoms with E-state index in [1.54, 1.807) is 4.40 Å². The lowest BCUT2D eigenvalue weighted by molar-refractivity contribution is 0.602. The summed E-state index contributed by atoms with van der Waals surface area (Å²) in [5, 5.41) is 2.12. The van der Waals surface area contributed by atoms with Gasteiger partial charge in [0.2, 0.25) is 0 Å². The van der Waals surface area contributed by atoms with Gasteiger partial charge in [-0.25, -0.2) is 13.4 Å². The van der Waals surface area contributed by atoms with Gasteiger partial charge in [0, 0.05) is 27.7 Å². The lowest BCUT2D eigenvalue weighted by Gasteiger charge is -2.01. The fourth-order valence-corrected chi connectivity index (χ4v) is 4.37. The Bertz CT molecular complexity index is 683. The molecule has 3 rings (SSSR count). The molecular weight excluding hydrogens is 280 g/mol. The van der Waals surface area contributed by atoms with Crippen molar-refractivity contribution in [3.8, 4) is 0 Å². The van der Waals surface area contributed by atoms with Crippen molar-refractivity contribution in [3.63, 3.8) is 0 Å². The smallest absolute Gasteiger partial charge is 0.277 e. The van der Waals surface area contributed by atoms with Crippen molar-refractivity contribution >= 4 is 36.0 Å². The molecule has 0 radical (unpaired) electrons. The summed E-state index contributed by atoms with van der Waals surface area (Å²) < 4.78 is 25.2. The summed E-state index contributed by atoms with van der Waals surface area (Å²) in [5.41, 5.74) is 1.60. The number of rotatable bonds is 3. The molecule has 0 aliphatic heterocycles. The second-order valence-corrected chi connectivity index (χ2v) is 7.53. The van der Waals surface area contributed by atoms with E-state index in [9.17, 15) is 8.42 Å². The van der Waals surface area contributed by atoms with Crippen molar-refractivity contribution in [2.24, 2.45) is 0 Å². The lowest BCUT2D eigenvalue weighted by atomic mass is 10.3. The van der Waals surface area contributed by atoms with Gasteiger partial charge in [0.1, 0.15) is 0 Å². The second kappa shape index (κ2) is 3.70. The molecule has 92 valence electrons. The van der Waals surface area contributed by atoms with Gasteiger partial charge < -0.3 is 0 Å². The molecule has 2 aromatic rings. The zero-order valence-electron chi connectivity index (χ0n) is 9.18. The largest absolute Gasteiger partial charge is 0.279 e. The van der Waals surface area contributed by atoms with Gasteiger partial charge in [-0.3, -0.25) is 4.40 Å². The normalized spacial score (nSPS) is 16.8. The van der Waals surface area contributed by atoms with E-state index in [0.717, 1.165) is 29.9 Å². The van der Waals surface area contributed by atoms with Crippen LogP contribution in [0.2, 0.25) is 0 Å². The minimum absolute atomic E-state index is 0.190. The first-order valence-electron chi connectivity index (χ1n) is 5.45. The minimum Gasteiger partial charge on any atom is -0.277 e. The van der Waals surface area contributed by atoms with Crippen LogP contribution < -0.4 is 0 Å².